The Morgan fingerprint density at radius 1 is 0.368 bits per heavy atom. The Morgan fingerprint density at radius 2 is 0.632 bits per heavy atom. The van der Waals surface area contributed by atoms with Gasteiger partial charge >= 0.3 is 0 Å². The van der Waals surface area contributed by atoms with Crippen LogP contribution < -0.4 is 11.5 Å². The molecule has 2 aromatic heterocycles. The molecule has 0 saturated heterocycles. The van der Waals surface area contributed by atoms with Crippen molar-refractivity contribution in [1.82, 2.24) is 9.97 Å². The maximum atomic E-state index is 15.4. The van der Waals surface area contributed by atoms with Crippen molar-refractivity contribution in [2.24, 2.45) is 11.5 Å². The Hall–Kier alpha value is -5.55. The van der Waals surface area contributed by atoms with Crippen LogP contribution in [0.3, 0.4) is 0 Å². The van der Waals surface area contributed by atoms with Crippen LogP contribution in [0.2, 0.25) is 0 Å². The molecule has 5 aromatic carbocycles. The summed E-state index contributed by atoms with van der Waals surface area (Å²) in [5, 5.41) is 0. The number of nitrogens with zero attached hydrogens (tertiary/aromatic N) is 2. The molecule has 0 aliphatic carbocycles. The molecular weight excluding hydrogens is 932 g/mol. The Kier molecular flexibility index (Phi) is 14.2. The molecule has 0 amide bonds. The van der Waals surface area contributed by atoms with Crippen molar-refractivity contribution in [2.45, 2.75) is 12.8 Å². The normalized spacial score (nSPS) is 10.8. The van der Waals surface area contributed by atoms with Crippen LogP contribution in [0.1, 0.15) is 22.3 Å². The van der Waals surface area contributed by atoms with Crippen molar-refractivity contribution in [3.63, 3.8) is 0 Å². The molecule has 7 rings (SSSR count). The minimum atomic E-state index is -1.54. The predicted molar refractivity (Wildman–Crippen MR) is 200 cm³/mol. The van der Waals surface area contributed by atoms with E-state index in [9.17, 15) is 0 Å². The first-order valence-electron chi connectivity index (χ1n) is 17.2. The fraction of sp³-hybridized carbons (Fsp3) is 0.0909. The minimum absolute atomic E-state index is 0. The Labute approximate surface area is 337 Å². The van der Waals surface area contributed by atoms with Gasteiger partial charge in [-0.15, -0.1) is 0 Å². The smallest absolute Gasteiger partial charge is 0.170 e. The van der Waals surface area contributed by atoms with Crippen molar-refractivity contribution < 1.29 is 56.2 Å². The molecule has 0 unspecified atom stereocenters. The van der Waals surface area contributed by atoms with Crippen LogP contribution in [0.5, 0.6) is 0 Å². The third-order valence-electron chi connectivity index (χ3n) is 8.97. The summed E-state index contributed by atoms with van der Waals surface area (Å²) >= 11 is 0. The number of nitrogens with two attached hydrogens (primary N) is 2. The number of pyridine rings is 2. The second-order valence-corrected chi connectivity index (χ2v) is 12.6. The van der Waals surface area contributed by atoms with E-state index in [4.69, 9.17) is 11.5 Å². The summed E-state index contributed by atoms with van der Waals surface area (Å²) in [5.74, 6) is -12.2. The SMILES string of the molecule is Fc1c(F)c(-c2cccc(-c3cccc(-c4cccc(-c5c(F)c(F)c(Cc6ccncc6)c(F)c5F)c4)c3)c2)c(F)c(F)c1Cc1ccncc1.NCCN.[Pt]. The second kappa shape index (κ2) is 19.1. The van der Waals surface area contributed by atoms with Gasteiger partial charge in [-0.2, -0.15) is 0 Å². The number of hydrogen-bond acceptors (Lipinski definition) is 4. The third-order valence-corrected chi connectivity index (χ3v) is 8.97. The Bertz CT molecular complexity index is 2270. The molecule has 0 spiro atoms. The van der Waals surface area contributed by atoms with Crippen molar-refractivity contribution in [1.29, 1.82) is 0 Å². The van der Waals surface area contributed by atoms with Gasteiger partial charge in [0, 0.05) is 82.9 Å². The van der Waals surface area contributed by atoms with E-state index in [-0.39, 0.29) is 45.0 Å². The first-order chi connectivity index (χ1) is 27.0. The summed E-state index contributed by atoms with van der Waals surface area (Å²) in [5.41, 5.74) is 9.09. The summed E-state index contributed by atoms with van der Waals surface area (Å²) < 4.78 is 123. The van der Waals surface area contributed by atoms with E-state index in [1.54, 1.807) is 36.4 Å². The van der Waals surface area contributed by atoms with E-state index in [0.717, 1.165) is 0 Å². The summed E-state index contributed by atoms with van der Waals surface area (Å²) in [4.78, 5) is 7.66. The van der Waals surface area contributed by atoms with Gasteiger partial charge in [-0.05, 0) is 87.0 Å². The summed E-state index contributed by atoms with van der Waals surface area (Å²) in [6, 6.07) is 24.2. The molecule has 13 heteroatoms. The number of halogens is 8. The summed E-state index contributed by atoms with van der Waals surface area (Å²) in [6.45, 7) is 1.19. The van der Waals surface area contributed by atoms with Crippen LogP contribution in [0.15, 0.2) is 122 Å². The van der Waals surface area contributed by atoms with Gasteiger partial charge in [-0.3, -0.25) is 9.97 Å². The minimum Gasteiger partial charge on any atom is -0.329 e. The molecule has 0 bridgehead atoms. The van der Waals surface area contributed by atoms with Crippen LogP contribution in [0.25, 0.3) is 44.5 Å². The monoisotopic (exact) mass is 963 g/mol. The van der Waals surface area contributed by atoms with Crippen LogP contribution in [0.4, 0.5) is 35.1 Å². The van der Waals surface area contributed by atoms with Crippen molar-refractivity contribution in [2.75, 3.05) is 13.1 Å². The largest absolute Gasteiger partial charge is 0.329 e. The molecule has 0 saturated carbocycles. The van der Waals surface area contributed by atoms with Crippen LogP contribution in [0, 0.1) is 46.5 Å². The second-order valence-electron chi connectivity index (χ2n) is 12.6. The molecule has 0 aliphatic rings. The number of benzene rings is 5. The molecule has 0 atom stereocenters. The maximum Gasteiger partial charge on any atom is 0.170 e. The van der Waals surface area contributed by atoms with Gasteiger partial charge in [-0.1, -0.05) is 54.6 Å². The van der Waals surface area contributed by atoms with Crippen LogP contribution in [-0.4, -0.2) is 23.1 Å². The van der Waals surface area contributed by atoms with E-state index in [1.807, 2.05) is 0 Å². The van der Waals surface area contributed by atoms with Crippen LogP contribution >= 0.6 is 0 Å². The topological polar surface area (TPSA) is 77.8 Å². The number of hydrogen-bond donors (Lipinski definition) is 2. The van der Waals surface area contributed by atoms with Gasteiger partial charge < -0.3 is 11.5 Å². The summed E-state index contributed by atoms with van der Waals surface area (Å²) in [7, 11) is 0. The zero-order chi connectivity index (χ0) is 39.9. The van der Waals surface area contributed by atoms with Gasteiger partial charge in [0.15, 0.2) is 46.5 Å². The molecule has 2 heterocycles. The average molecular weight is 964 g/mol. The van der Waals surface area contributed by atoms with Gasteiger partial charge in [-0.25, -0.2) is 35.1 Å². The quantitative estimate of drug-likeness (QED) is 0.112. The maximum absolute atomic E-state index is 15.4. The Morgan fingerprint density at radius 3 is 0.912 bits per heavy atom. The molecule has 0 aliphatic heterocycles. The molecule has 7 aromatic rings. The van der Waals surface area contributed by atoms with Gasteiger partial charge in [0.25, 0.3) is 0 Å². The van der Waals surface area contributed by atoms with E-state index in [0.29, 0.717) is 46.5 Å². The van der Waals surface area contributed by atoms with Gasteiger partial charge in [0.2, 0.25) is 0 Å². The van der Waals surface area contributed by atoms with E-state index in [2.05, 4.69) is 9.97 Å². The van der Waals surface area contributed by atoms with Gasteiger partial charge in [0.1, 0.15) is 0 Å². The Balaban J connectivity index is 0.00000119. The predicted octanol–water partition coefficient (Wildman–Crippen LogP) is 10.3. The van der Waals surface area contributed by atoms with E-state index in [1.165, 1.54) is 85.5 Å². The third kappa shape index (κ3) is 9.20. The first kappa shape index (κ1) is 42.6. The van der Waals surface area contributed by atoms with Gasteiger partial charge in [0.05, 0.1) is 11.1 Å². The van der Waals surface area contributed by atoms with Crippen LogP contribution in [-0.2, 0) is 33.9 Å². The first-order valence-corrected chi connectivity index (χ1v) is 17.2. The van der Waals surface area contributed by atoms with Crippen molar-refractivity contribution in [3.8, 4) is 44.5 Å². The standard InChI is InChI=1S/C42H24F8N2.C2H8N2.Pt/c43-35-31(18-23-10-14-51-15-11-23)36(44)40(48)33(39(35)47)29-8-2-6-27(21-29)25-4-1-5-26(20-25)28-7-3-9-30(22-28)34-41(49)37(45)32(38(46)42(34)50)19-24-12-16-52-17-13-24;3-1-2-4;/h1-17,20-22H,18-19H2;1-4H2;. The fourth-order valence-corrected chi connectivity index (χ4v) is 6.17. The molecule has 0 fully saturated rings. The number of rotatable bonds is 9. The molecule has 4 N–H and O–H groups in total. The average Bonchev–Trinajstić information content (AvgIpc) is 3.24. The molecule has 4 nitrogen and oxygen atoms in total. The fourth-order valence-electron chi connectivity index (χ4n) is 6.17. The van der Waals surface area contributed by atoms with E-state index < -0.39 is 68.8 Å². The molecule has 294 valence electrons. The molecular formula is C44H32F8N4Pt. The molecule has 57 heavy (non-hydrogen) atoms. The number of aromatic nitrogens is 2. The van der Waals surface area contributed by atoms with E-state index >= 15 is 35.1 Å². The van der Waals surface area contributed by atoms with Crippen molar-refractivity contribution in [3.05, 3.63) is 191 Å². The molecule has 0 radical (unpaired) electrons. The zero-order valence-corrected chi connectivity index (χ0v) is 32.0. The summed E-state index contributed by atoms with van der Waals surface area (Å²) in [6.07, 6.45) is 4.82. The van der Waals surface area contributed by atoms with Crippen molar-refractivity contribution >= 4 is 0 Å². The zero-order valence-electron chi connectivity index (χ0n) is 29.8.